The fourth-order valence-electron chi connectivity index (χ4n) is 2.39. The molecule has 2 aromatic carbocycles. The second kappa shape index (κ2) is 8.49. The van der Waals surface area contributed by atoms with E-state index in [1.807, 2.05) is 65.6 Å². The Morgan fingerprint density at radius 1 is 0.913 bits per heavy atom. The molecule has 0 radical (unpaired) electrons. The highest BCUT2D eigenvalue weighted by Gasteiger charge is 2.32. The zero-order valence-corrected chi connectivity index (χ0v) is 14.4. The first-order valence-electron chi connectivity index (χ1n) is 7.19. The fraction of sp³-hybridized carbons (Fsp3) is 0.250. The average Bonchev–Trinajstić information content (AvgIpc) is 2.47. The summed E-state index contributed by atoms with van der Waals surface area (Å²) in [5.41, 5.74) is 2.05. The summed E-state index contributed by atoms with van der Waals surface area (Å²) in [6.45, 7) is 1.00. The summed E-state index contributed by atoms with van der Waals surface area (Å²) in [4.78, 5) is 20.8. The van der Waals surface area contributed by atoms with Crippen LogP contribution in [0.4, 0.5) is 0 Å². The van der Waals surface area contributed by atoms with Gasteiger partial charge in [0.2, 0.25) is 0 Å². The minimum Gasteiger partial charge on any atom is -0.340 e. The first kappa shape index (κ1) is 18.0. The third-order valence-corrected chi connectivity index (χ3v) is 6.84. The van der Waals surface area contributed by atoms with Gasteiger partial charge in [-0.25, -0.2) is 0 Å². The third kappa shape index (κ3) is 6.74. The average molecular weight is 352 g/mol. The summed E-state index contributed by atoms with van der Waals surface area (Å²) >= 11 is 0. The monoisotopic (exact) mass is 352 g/mol. The van der Waals surface area contributed by atoms with Gasteiger partial charge >= 0.3 is 8.03 Å². The maximum atomic E-state index is 12.2. The molecule has 7 heteroatoms. The number of hydrogen-bond donors (Lipinski definition) is 2. The lowest BCUT2D eigenvalue weighted by molar-refractivity contribution is 0.286. The summed E-state index contributed by atoms with van der Waals surface area (Å²) < 4.78 is 23.1. The first-order chi connectivity index (χ1) is 10.9. The van der Waals surface area contributed by atoms with Crippen LogP contribution in [0, 0.1) is 0 Å². The van der Waals surface area contributed by atoms with E-state index in [1.165, 1.54) is 0 Å². The summed E-state index contributed by atoms with van der Waals surface area (Å²) in [5.74, 6) is -0.567. The zero-order chi connectivity index (χ0) is 16.7. The van der Waals surface area contributed by atoms with Gasteiger partial charge in [0.1, 0.15) is 0 Å². The molecule has 2 N–H and O–H groups in total. The van der Waals surface area contributed by atoms with Crippen LogP contribution in [-0.4, -0.2) is 26.9 Å². The van der Waals surface area contributed by atoms with E-state index >= 15 is 0 Å². The van der Waals surface area contributed by atoms with Crippen molar-refractivity contribution in [2.24, 2.45) is 0 Å². The Morgan fingerprint density at radius 2 is 1.35 bits per heavy atom. The molecule has 0 saturated carbocycles. The van der Waals surface area contributed by atoms with Gasteiger partial charge in [-0.3, -0.25) is 9.46 Å². The summed E-state index contributed by atoms with van der Waals surface area (Å²) in [5, 5.41) is 0. The molecular formula is C16H20NO4P2+. The molecule has 0 bridgehead atoms. The van der Waals surface area contributed by atoms with Crippen LogP contribution in [0.3, 0.4) is 0 Å². The Morgan fingerprint density at radius 3 is 1.74 bits per heavy atom. The lowest BCUT2D eigenvalue weighted by atomic mass is 10.2. The highest BCUT2D eigenvalue weighted by Crippen LogP contribution is 2.48. The van der Waals surface area contributed by atoms with Crippen molar-refractivity contribution in [2.45, 2.75) is 13.1 Å². The Hall–Kier alpha value is -1.35. The molecule has 0 fully saturated rings. The van der Waals surface area contributed by atoms with E-state index in [0.717, 1.165) is 11.1 Å². The zero-order valence-electron chi connectivity index (χ0n) is 12.7. The van der Waals surface area contributed by atoms with Crippen LogP contribution in [-0.2, 0) is 22.2 Å². The van der Waals surface area contributed by atoms with Crippen LogP contribution in [0.15, 0.2) is 60.7 Å². The molecule has 0 heterocycles. The van der Waals surface area contributed by atoms with Crippen molar-refractivity contribution in [3.05, 3.63) is 71.8 Å². The van der Waals surface area contributed by atoms with Gasteiger partial charge < -0.3 is 4.89 Å². The van der Waals surface area contributed by atoms with E-state index in [1.54, 1.807) is 0 Å². The molecule has 2 rings (SSSR count). The van der Waals surface area contributed by atoms with E-state index in [2.05, 4.69) is 0 Å². The smallest absolute Gasteiger partial charge is 0.340 e. The number of benzene rings is 2. The molecule has 5 nitrogen and oxygen atoms in total. The van der Waals surface area contributed by atoms with E-state index in [9.17, 15) is 14.0 Å². The molecule has 2 unspecified atom stereocenters. The lowest BCUT2D eigenvalue weighted by Gasteiger charge is -2.23. The van der Waals surface area contributed by atoms with E-state index in [4.69, 9.17) is 4.89 Å². The Labute approximate surface area is 136 Å². The molecule has 0 aliphatic heterocycles. The maximum absolute atomic E-state index is 12.2. The van der Waals surface area contributed by atoms with Crippen molar-refractivity contribution in [1.82, 2.24) is 4.90 Å². The predicted octanol–water partition coefficient (Wildman–Crippen LogP) is 3.61. The van der Waals surface area contributed by atoms with Crippen molar-refractivity contribution in [1.29, 1.82) is 0 Å². The largest absolute Gasteiger partial charge is 0.515 e. The highest BCUT2D eigenvalue weighted by molar-refractivity contribution is 7.68. The molecule has 0 aliphatic rings. The Kier molecular flexibility index (Phi) is 6.64. The van der Waals surface area contributed by atoms with Crippen molar-refractivity contribution in [3.63, 3.8) is 0 Å². The van der Waals surface area contributed by atoms with Crippen LogP contribution >= 0.6 is 15.4 Å². The molecule has 0 spiro atoms. The van der Waals surface area contributed by atoms with Crippen LogP contribution in [0.2, 0.25) is 0 Å². The maximum Gasteiger partial charge on any atom is 0.515 e. The third-order valence-electron chi connectivity index (χ3n) is 3.26. The van der Waals surface area contributed by atoms with Crippen LogP contribution in [0.1, 0.15) is 11.1 Å². The van der Waals surface area contributed by atoms with Crippen LogP contribution in [0.5, 0.6) is 0 Å². The highest BCUT2D eigenvalue weighted by atomic mass is 31.2. The lowest BCUT2D eigenvalue weighted by Crippen LogP contribution is -2.24. The quantitative estimate of drug-likeness (QED) is 0.710. The van der Waals surface area contributed by atoms with Crippen molar-refractivity contribution in [2.75, 3.05) is 12.2 Å². The van der Waals surface area contributed by atoms with Gasteiger partial charge in [0, 0.05) is 13.1 Å². The standard InChI is InChI=1S/C16H19NO4P2/c18-22(19)14-23(20,21)13-17(11-15-7-3-1-4-8-15)12-16-9-5-2-6-10-16/h1-10H,11-14H2,(H-,18,19,20,21)/p+1. The van der Waals surface area contributed by atoms with Crippen molar-refractivity contribution in [3.8, 4) is 0 Å². The van der Waals surface area contributed by atoms with Gasteiger partial charge in [0.15, 0.2) is 0 Å². The van der Waals surface area contributed by atoms with E-state index in [0.29, 0.717) is 13.1 Å². The summed E-state index contributed by atoms with van der Waals surface area (Å²) in [6.07, 6.45) is -0.113. The molecule has 122 valence electrons. The molecular weight excluding hydrogens is 332 g/mol. The van der Waals surface area contributed by atoms with Gasteiger partial charge in [-0.1, -0.05) is 60.7 Å². The number of rotatable bonds is 8. The molecule has 0 aromatic heterocycles. The predicted molar refractivity (Wildman–Crippen MR) is 91.5 cm³/mol. The van der Waals surface area contributed by atoms with Crippen LogP contribution in [0.25, 0.3) is 0 Å². The van der Waals surface area contributed by atoms with E-state index in [-0.39, 0.29) is 6.29 Å². The second-order valence-electron chi connectivity index (χ2n) is 5.44. The topological polar surface area (TPSA) is 77.8 Å². The number of hydrogen-bond acceptors (Lipinski definition) is 3. The normalized spacial score (nSPS) is 14.5. The molecule has 2 aromatic rings. The van der Waals surface area contributed by atoms with Crippen LogP contribution < -0.4 is 0 Å². The van der Waals surface area contributed by atoms with Crippen molar-refractivity contribution >= 4 is 15.4 Å². The summed E-state index contributed by atoms with van der Waals surface area (Å²) in [6, 6.07) is 19.3. The molecule has 0 aliphatic carbocycles. The van der Waals surface area contributed by atoms with Gasteiger partial charge in [-0.05, 0) is 15.7 Å². The Bertz CT molecular complexity index is 637. The van der Waals surface area contributed by atoms with Gasteiger partial charge in [0.05, 0.1) is 6.29 Å². The van der Waals surface area contributed by atoms with Gasteiger partial charge in [0.25, 0.3) is 13.3 Å². The second-order valence-corrected chi connectivity index (χ2v) is 9.25. The summed E-state index contributed by atoms with van der Waals surface area (Å²) in [7, 11) is -6.31. The molecule has 2 atom stereocenters. The molecule has 0 amide bonds. The van der Waals surface area contributed by atoms with Gasteiger partial charge in [-0.2, -0.15) is 4.89 Å². The minimum atomic E-state index is -3.69. The SMILES string of the molecule is O=[P+](O)CP(=O)(O)CN(Cc1ccccc1)Cc1ccccc1. The van der Waals surface area contributed by atoms with E-state index < -0.39 is 21.3 Å². The molecule has 23 heavy (non-hydrogen) atoms. The fourth-order valence-corrected chi connectivity index (χ4v) is 5.08. The van der Waals surface area contributed by atoms with Crippen molar-refractivity contribution < 1.29 is 18.9 Å². The number of nitrogens with zero attached hydrogens (tertiary/aromatic N) is 1. The van der Waals surface area contributed by atoms with Gasteiger partial charge in [-0.15, -0.1) is 0 Å². The Balaban J connectivity index is 2.13. The minimum absolute atomic E-state index is 0.113. The first-order valence-corrected chi connectivity index (χ1v) is 10.6. The molecule has 0 saturated heterocycles.